The summed E-state index contributed by atoms with van der Waals surface area (Å²) in [7, 11) is 0. The lowest BCUT2D eigenvalue weighted by atomic mass is 9.98. The Morgan fingerprint density at radius 3 is 1.47 bits per heavy atom. The number of carbonyl (C=O) groups is 2. The largest absolute Gasteiger partial charge is 0.484 e. The monoisotopic (exact) mass is 902 g/mol. The third-order valence-electron chi connectivity index (χ3n) is 13.2. The van der Waals surface area contributed by atoms with Gasteiger partial charge in [0.1, 0.15) is 33.8 Å². The highest BCUT2D eigenvalue weighted by Gasteiger charge is 2.38. The molecule has 0 radical (unpaired) electrons. The lowest BCUT2D eigenvalue weighted by molar-refractivity contribution is 0.0446. The molecule has 18 heteroatoms. The molecule has 0 aliphatic carbocycles. The molecule has 2 fully saturated rings. The average Bonchev–Trinajstić information content (AvgIpc) is 4.03. The van der Waals surface area contributed by atoms with E-state index in [1.807, 2.05) is 52.0 Å². The molecule has 18 nitrogen and oxygen atoms in total. The van der Waals surface area contributed by atoms with Gasteiger partial charge in [0, 0.05) is 87.1 Å². The SMILES string of the molecule is C[C@@]1(O)CCCN(c2cc3c(cc2NC(=O)c2cnn4cccnc24)C[C@](C)(CO)O3)CC1.C[C@]1(O)CCCN(c2cc3c(cc2NC(=O)c2cnn4cccnc24)C[C@](C)(CO)O3)CC1. The number of carbonyl (C=O) groups excluding carboxylic acids is 2. The summed E-state index contributed by atoms with van der Waals surface area (Å²) in [5.74, 6) is 0.840. The molecule has 6 N–H and O–H groups in total. The molecule has 4 aliphatic rings. The molecule has 2 aromatic carbocycles. The zero-order valence-corrected chi connectivity index (χ0v) is 37.8. The molecule has 0 unspecified atom stereocenters. The van der Waals surface area contributed by atoms with Crippen molar-refractivity contribution in [2.24, 2.45) is 0 Å². The van der Waals surface area contributed by atoms with Crippen LogP contribution in [0.5, 0.6) is 11.5 Å². The van der Waals surface area contributed by atoms with E-state index < -0.39 is 22.4 Å². The van der Waals surface area contributed by atoms with Gasteiger partial charge >= 0.3 is 0 Å². The highest BCUT2D eigenvalue weighted by atomic mass is 16.5. The number of anilines is 4. The van der Waals surface area contributed by atoms with Crippen molar-refractivity contribution in [1.29, 1.82) is 0 Å². The maximum atomic E-state index is 13.2. The van der Waals surface area contributed by atoms with Crippen molar-refractivity contribution in [3.8, 4) is 11.5 Å². The quantitative estimate of drug-likeness (QED) is 0.121. The molecule has 2 amide bonds. The maximum absolute atomic E-state index is 13.2. The second kappa shape index (κ2) is 17.5. The van der Waals surface area contributed by atoms with E-state index in [1.165, 1.54) is 12.4 Å². The van der Waals surface area contributed by atoms with Gasteiger partial charge in [-0.15, -0.1) is 0 Å². The Morgan fingerprint density at radius 2 is 1.06 bits per heavy atom. The summed E-state index contributed by atoms with van der Waals surface area (Å²) in [5, 5.41) is 55.3. The minimum Gasteiger partial charge on any atom is -0.484 e. The Labute approximate surface area is 382 Å². The number of aromatic nitrogens is 6. The molecule has 348 valence electrons. The third kappa shape index (κ3) is 9.22. The predicted octanol–water partition coefficient (Wildman–Crippen LogP) is 4.82. The van der Waals surface area contributed by atoms with Crippen molar-refractivity contribution in [1.82, 2.24) is 29.2 Å². The molecule has 10 rings (SSSR count). The number of fused-ring (bicyclic) bond motifs is 4. The Hall–Kier alpha value is -6.34. The van der Waals surface area contributed by atoms with E-state index in [0.29, 0.717) is 84.1 Å². The molecular formula is C48H58N10O8. The highest BCUT2D eigenvalue weighted by Crippen LogP contribution is 2.44. The fourth-order valence-electron chi connectivity index (χ4n) is 9.37. The molecule has 0 saturated carbocycles. The zero-order chi connectivity index (χ0) is 46.4. The smallest absolute Gasteiger partial charge is 0.261 e. The number of rotatable bonds is 8. The molecular weight excluding hydrogens is 845 g/mol. The van der Waals surface area contributed by atoms with Gasteiger partial charge in [0.25, 0.3) is 11.8 Å². The van der Waals surface area contributed by atoms with E-state index >= 15 is 0 Å². The summed E-state index contributed by atoms with van der Waals surface area (Å²) in [4.78, 5) is 39.4. The molecule has 4 aromatic heterocycles. The third-order valence-corrected chi connectivity index (χ3v) is 13.2. The van der Waals surface area contributed by atoms with Crippen molar-refractivity contribution in [2.75, 3.05) is 59.8 Å². The number of amides is 2. The molecule has 66 heavy (non-hydrogen) atoms. The van der Waals surface area contributed by atoms with Crippen LogP contribution in [0.3, 0.4) is 0 Å². The number of benzene rings is 2. The first kappa shape index (κ1) is 44.8. The first-order valence-electron chi connectivity index (χ1n) is 22.6. The topological polar surface area (TPSA) is 224 Å². The van der Waals surface area contributed by atoms with Gasteiger partial charge in [-0.25, -0.2) is 19.0 Å². The Kier molecular flexibility index (Phi) is 11.9. The van der Waals surface area contributed by atoms with Gasteiger partial charge in [0.2, 0.25) is 0 Å². The van der Waals surface area contributed by atoms with E-state index in [1.54, 1.807) is 46.0 Å². The van der Waals surface area contributed by atoms with Gasteiger partial charge in [0.05, 0.1) is 59.6 Å². The number of hydrogen-bond acceptors (Lipinski definition) is 14. The van der Waals surface area contributed by atoms with E-state index in [4.69, 9.17) is 9.47 Å². The summed E-state index contributed by atoms with van der Waals surface area (Å²) in [6, 6.07) is 11.3. The number of aliphatic hydroxyl groups is 4. The fourth-order valence-corrected chi connectivity index (χ4v) is 9.37. The van der Waals surface area contributed by atoms with Gasteiger partial charge in [0.15, 0.2) is 11.3 Å². The number of nitrogens with zero attached hydrogens (tertiary/aromatic N) is 8. The number of nitrogens with one attached hydrogen (secondary N) is 2. The van der Waals surface area contributed by atoms with Crippen LogP contribution in [0, 0.1) is 0 Å². The molecule has 0 bridgehead atoms. The van der Waals surface area contributed by atoms with Crippen LogP contribution >= 0.6 is 0 Å². The summed E-state index contributed by atoms with van der Waals surface area (Å²) < 4.78 is 15.3. The second-order valence-corrected chi connectivity index (χ2v) is 19.2. The Balaban J connectivity index is 0.000000166. The van der Waals surface area contributed by atoms with Crippen molar-refractivity contribution in [2.45, 2.75) is 101 Å². The van der Waals surface area contributed by atoms with Crippen LogP contribution in [0.4, 0.5) is 22.7 Å². The fraction of sp³-hybridized carbons (Fsp3) is 0.458. The maximum Gasteiger partial charge on any atom is 0.261 e. The molecule has 2 saturated heterocycles. The first-order valence-corrected chi connectivity index (χ1v) is 22.6. The normalized spacial score (nSPS) is 24.9. The van der Waals surface area contributed by atoms with Crippen LogP contribution in [0.15, 0.2) is 73.6 Å². The van der Waals surface area contributed by atoms with Crippen molar-refractivity contribution >= 4 is 45.9 Å². The highest BCUT2D eigenvalue weighted by molar-refractivity contribution is 6.10. The van der Waals surface area contributed by atoms with E-state index in [2.05, 4.69) is 40.6 Å². The van der Waals surface area contributed by atoms with Gasteiger partial charge in [-0.2, -0.15) is 10.2 Å². The molecule has 0 spiro atoms. The van der Waals surface area contributed by atoms with Crippen LogP contribution in [0.2, 0.25) is 0 Å². The van der Waals surface area contributed by atoms with Crippen molar-refractivity contribution in [3.63, 3.8) is 0 Å². The van der Waals surface area contributed by atoms with E-state index in [-0.39, 0.29) is 25.0 Å². The van der Waals surface area contributed by atoms with Crippen LogP contribution in [0.25, 0.3) is 11.3 Å². The molecule has 6 aromatic rings. The van der Waals surface area contributed by atoms with Crippen molar-refractivity contribution in [3.05, 3.63) is 95.8 Å². The Bertz CT molecular complexity index is 2600. The first-order chi connectivity index (χ1) is 31.5. The van der Waals surface area contributed by atoms with Gasteiger partial charge in [-0.1, -0.05) is 0 Å². The summed E-state index contributed by atoms with van der Waals surface area (Å²) in [6.45, 7) is 10.1. The van der Waals surface area contributed by atoms with Crippen molar-refractivity contribution < 1.29 is 39.5 Å². The van der Waals surface area contributed by atoms with Gasteiger partial charge < -0.3 is 50.3 Å². The predicted molar refractivity (Wildman–Crippen MR) is 248 cm³/mol. The van der Waals surface area contributed by atoms with Crippen LogP contribution in [-0.2, 0) is 12.8 Å². The zero-order valence-electron chi connectivity index (χ0n) is 37.8. The second-order valence-electron chi connectivity index (χ2n) is 19.2. The minimum absolute atomic E-state index is 0.0979. The van der Waals surface area contributed by atoms with Gasteiger partial charge in [-0.3, -0.25) is 9.59 Å². The van der Waals surface area contributed by atoms with Crippen LogP contribution < -0.4 is 29.9 Å². The lowest BCUT2D eigenvalue weighted by Gasteiger charge is -2.27. The number of ether oxygens (including phenoxy) is 2. The number of aliphatic hydroxyl groups excluding tert-OH is 2. The Morgan fingerprint density at radius 1 is 0.636 bits per heavy atom. The molecule has 8 heterocycles. The standard InChI is InChI=1S/2C24H29N5O4/c2*1-23(32)5-3-8-28(10-6-23)19-12-20-16(13-24(2,15-30)33-20)11-18(19)27-22(31)17-14-26-29-9-4-7-25-21(17)29/h2*4,7,9,11-12,14,30,32H,3,5-6,8,10,13,15H2,1-2H3,(H,27,31)/t23-,24+;23-,24-/m01/s1. The van der Waals surface area contributed by atoms with Gasteiger partial charge in [-0.05, 0) is 90.5 Å². The minimum atomic E-state index is -0.705. The van der Waals surface area contributed by atoms with E-state index in [9.17, 15) is 30.0 Å². The van der Waals surface area contributed by atoms with Crippen LogP contribution in [-0.4, -0.2) is 123 Å². The lowest BCUT2D eigenvalue weighted by Crippen LogP contribution is -2.34. The average molecular weight is 903 g/mol. The van der Waals surface area contributed by atoms with Crippen LogP contribution in [0.1, 0.15) is 98.1 Å². The van der Waals surface area contributed by atoms with E-state index in [0.717, 1.165) is 61.3 Å². The summed E-state index contributed by atoms with van der Waals surface area (Å²) in [5.41, 5.74) is 3.85. The molecule has 4 atom stereocenters. The number of hydrogen-bond donors (Lipinski definition) is 6. The summed E-state index contributed by atoms with van der Waals surface area (Å²) in [6.07, 6.45) is 15.3. The molecule has 4 aliphatic heterocycles. The summed E-state index contributed by atoms with van der Waals surface area (Å²) >= 11 is 0.